The van der Waals surface area contributed by atoms with Crippen molar-refractivity contribution in [3.8, 4) is 0 Å². The number of nitrogens with one attached hydrogen (secondary N) is 1. The van der Waals surface area contributed by atoms with Crippen molar-refractivity contribution in [2.75, 3.05) is 0 Å². The maximum absolute atomic E-state index is 10.8. The minimum atomic E-state index is -0.408. The van der Waals surface area contributed by atoms with Gasteiger partial charge in [0.1, 0.15) is 0 Å². The Kier molecular flexibility index (Phi) is 3.94. The summed E-state index contributed by atoms with van der Waals surface area (Å²) in [5.41, 5.74) is 2.67. The highest BCUT2D eigenvalue weighted by molar-refractivity contribution is 9.10. The zero-order chi connectivity index (χ0) is 14.8. The van der Waals surface area contributed by atoms with Gasteiger partial charge in [0.2, 0.25) is 0 Å². The van der Waals surface area contributed by atoms with E-state index in [0.717, 1.165) is 20.9 Å². The molecule has 7 heteroatoms. The van der Waals surface area contributed by atoms with Crippen molar-refractivity contribution in [3.05, 3.63) is 62.6 Å². The smallest absolute Gasteiger partial charge is 0.271 e. The number of rotatable bonds is 4. The number of aromatic amines is 1. The molecule has 5 nitrogen and oxygen atoms in total. The number of hydrogen-bond donors (Lipinski definition) is 1. The molecule has 1 aromatic heterocycles. The highest BCUT2D eigenvalue weighted by Crippen LogP contribution is 2.25. The number of thioether (sulfide) groups is 1. The van der Waals surface area contributed by atoms with Crippen LogP contribution in [-0.2, 0) is 5.75 Å². The number of non-ortho nitro benzene ring substituents is 1. The molecule has 0 atom stereocenters. The highest BCUT2D eigenvalue weighted by atomic mass is 79.9. The van der Waals surface area contributed by atoms with Crippen molar-refractivity contribution in [1.29, 1.82) is 0 Å². The van der Waals surface area contributed by atoms with Gasteiger partial charge in [-0.2, -0.15) is 0 Å². The molecule has 0 bridgehead atoms. The summed E-state index contributed by atoms with van der Waals surface area (Å²) in [4.78, 5) is 17.9. The van der Waals surface area contributed by atoms with Gasteiger partial charge in [-0.25, -0.2) is 4.98 Å². The first kappa shape index (κ1) is 14.1. The van der Waals surface area contributed by atoms with Crippen molar-refractivity contribution >= 4 is 44.4 Å². The molecular formula is C14H10BrN3O2S. The summed E-state index contributed by atoms with van der Waals surface area (Å²) in [6.07, 6.45) is 0. The summed E-state index contributed by atoms with van der Waals surface area (Å²) in [7, 11) is 0. The maximum Gasteiger partial charge on any atom is 0.271 e. The molecule has 0 aliphatic carbocycles. The molecule has 0 fully saturated rings. The number of H-pyrrole nitrogens is 1. The molecule has 106 valence electrons. The molecule has 1 N–H and O–H groups in total. The molecule has 0 aliphatic rings. The third kappa shape index (κ3) is 3.25. The summed E-state index contributed by atoms with van der Waals surface area (Å²) in [6, 6.07) is 12.7. The number of fused-ring (bicyclic) bond motifs is 1. The molecule has 0 aliphatic heterocycles. The Balaban J connectivity index is 1.78. The van der Waals surface area contributed by atoms with Gasteiger partial charge in [-0.1, -0.05) is 39.8 Å². The Labute approximate surface area is 133 Å². The van der Waals surface area contributed by atoms with Gasteiger partial charge in [0, 0.05) is 22.4 Å². The van der Waals surface area contributed by atoms with E-state index in [1.807, 2.05) is 24.3 Å². The summed E-state index contributed by atoms with van der Waals surface area (Å²) >= 11 is 4.97. The molecule has 1 heterocycles. The van der Waals surface area contributed by atoms with Crippen LogP contribution in [0.15, 0.2) is 52.1 Å². The van der Waals surface area contributed by atoms with Crippen LogP contribution in [0.25, 0.3) is 11.0 Å². The van der Waals surface area contributed by atoms with E-state index in [-0.39, 0.29) is 5.69 Å². The summed E-state index contributed by atoms with van der Waals surface area (Å²) < 4.78 is 1.05. The Morgan fingerprint density at radius 1 is 1.24 bits per heavy atom. The first-order valence-corrected chi connectivity index (χ1v) is 7.91. The van der Waals surface area contributed by atoms with Crippen LogP contribution in [0.3, 0.4) is 0 Å². The second kappa shape index (κ2) is 5.87. The Morgan fingerprint density at radius 2 is 2.00 bits per heavy atom. The molecule has 21 heavy (non-hydrogen) atoms. The lowest BCUT2D eigenvalue weighted by molar-refractivity contribution is -0.384. The van der Waals surface area contributed by atoms with Gasteiger partial charge < -0.3 is 4.98 Å². The first-order chi connectivity index (χ1) is 10.1. The van der Waals surface area contributed by atoms with Crippen LogP contribution in [0.1, 0.15) is 5.56 Å². The Bertz CT molecular complexity index is 802. The summed E-state index contributed by atoms with van der Waals surface area (Å²) in [5.74, 6) is 0.787. The zero-order valence-electron chi connectivity index (χ0n) is 10.7. The predicted molar refractivity (Wildman–Crippen MR) is 86.5 cm³/mol. The molecule has 0 radical (unpaired) electrons. The van der Waals surface area contributed by atoms with Crippen LogP contribution in [0.4, 0.5) is 5.69 Å². The van der Waals surface area contributed by atoms with E-state index < -0.39 is 4.92 Å². The van der Waals surface area contributed by atoms with E-state index in [2.05, 4.69) is 25.9 Å². The van der Waals surface area contributed by atoms with E-state index in [4.69, 9.17) is 0 Å². The average Bonchev–Trinajstić information content (AvgIpc) is 2.88. The molecular weight excluding hydrogens is 354 g/mol. The van der Waals surface area contributed by atoms with E-state index in [9.17, 15) is 10.1 Å². The van der Waals surface area contributed by atoms with E-state index in [1.54, 1.807) is 17.8 Å². The van der Waals surface area contributed by atoms with Crippen LogP contribution < -0.4 is 0 Å². The third-order valence-corrected chi connectivity index (χ3v) is 4.42. The van der Waals surface area contributed by atoms with E-state index in [0.29, 0.717) is 5.52 Å². The first-order valence-electron chi connectivity index (χ1n) is 6.13. The van der Waals surface area contributed by atoms with Crippen LogP contribution in [0.5, 0.6) is 0 Å². The second-order valence-corrected chi connectivity index (χ2v) is 6.30. The largest absolute Gasteiger partial charge is 0.333 e. The molecule has 2 aromatic carbocycles. The number of hydrogen-bond acceptors (Lipinski definition) is 4. The average molecular weight is 364 g/mol. The van der Waals surface area contributed by atoms with Gasteiger partial charge in [0.15, 0.2) is 5.16 Å². The summed E-state index contributed by atoms with van der Waals surface area (Å²) in [6.45, 7) is 0. The fraction of sp³-hybridized carbons (Fsp3) is 0.0714. The lowest BCUT2D eigenvalue weighted by Crippen LogP contribution is -1.86. The van der Waals surface area contributed by atoms with Crippen LogP contribution in [0, 0.1) is 10.1 Å². The van der Waals surface area contributed by atoms with Crippen molar-refractivity contribution in [2.45, 2.75) is 10.9 Å². The van der Waals surface area contributed by atoms with Crippen molar-refractivity contribution in [2.24, 2.45) is 0 Å². The fourth-order valence-corrected chi connectivity index (χ4v) is 2.99. The van der Waals surface area contributed by atoms with Gasteiger partial charge in [-0.05, 0) is 23.8 Å². The maximum atomic E-state index is 10.8. The lowest BCUT2D eigenvalue weighted by atomic mass is 10.2. The minimum absolute atomic E-state index is 0.0654. The quantitative estimate of drug-likeness (QED) is 0.420. The van der Waals surface area contributed by atoms with Gasteiger partial charge >= 0.3 is 0 Å². The minimum Gasteiger partial charge on any atom is -0.333 e. The van der Waals surface area contributed by atoms with Gasteiger partial charge in [0.25, 0.3) is 5.69 Å². The number of aromatic nitrogens is 2. The van der Waals surface area contributed by atoms with Gasteiger partial charge in [0.05, 0.1) is 16.0 Å². The zero-order valence-corrected chi connectivity index (χ0v) is 13.1. The highest BCUT2D eigenvalue weighted by Gasteiger charge is 2.09. The Morgan fingerprint density at radius 3 is 2.71 bits per heavy atom. The number of nitro groups is 1. The van der Waals surface area contributed by atoms with Crippen LogP contribution in [-0.4, -0.2) is 14.9 Å². The predicted octanol–water partition coefficient (Wildman–Crippen LogP) is 4.53. The summed E-state index contributed by atoms with van der Waals surface area (Å²) in [5, 5.41) is 11.5. The molecule has 0 saturated carbocycles. The lowest BCUT2D eigenvalue weighted by Gasteiger charge is -1.99. The molecule has 0 spiro atoms. The standard InChI is InChI=1S/C14H10BrN3O2S/c15-10-3-1-9(2-4-10)8-21-14-16-12-6-5-11(18(19)20)7-13(12)17-14/h1-7H,8H2,(H,16,17). The van der Waals surface area contributed by atoms with Gasteiger partial charge in [-0.15, -0.1) is 0 Å². The number of nitro benzene ring substituents is 1. The van der Waals surface area contributed by atoms with Crippen LogP contribution >= 0.6 is 27.7 Å². The SMILES string of the molecule is O=[N+]([O-])c1ccc2nc(SCc3ccc(Br)cc3)[nH]c2c1. The number of benzene rings is 2. The third-order valence-electron chi connectivity index (χ3n) is 2.94. The molecule has 0 saturated heterocycles. The van der Waals surface area contributed by atoms with Crippen LogP contribution in [0.2, 0.25) is 0 Å². The van der Waals surface area contributed by atoms with E-state index >= 15 is 0 Å². The molecule has 3 aromatic rings. The van der Waals surface area contributed by atoms with E-state index in [1.165, 1.54) is 17.7 Å². The fourth-order valence-electron chi connectivity index (χ4n) is 1.89. The number of halogens is 1. The Hall–Kier alpha value is -1.86. The number of imidazole rings is 1. The molecule has 0 unspecified atom stereocenters. The monoisotopic (exact) mass is 363 g/mol. The second-order valence-electron chi connectivity index (χ2n) is 4.42. The molecule has 3 rings (SSSR count). The van der Waals surface area contributed by atoms with Crippen molar-refractivity contribution in [1.82, 2.24) is 9.97 Å². The normalized spacial score (nSPS) is 10.9. The number of nitrogens with zero attached hydrogens (tertiary/aromatic N) is 2. The topological polar surface area (TPSA) is 71.8 Å². The molecule has 0 amide bonds. The van der Waals surface area contributed by atoms with Gasteiger partial charge in [-0.3, -0.25) is 10.1 Å². The van der Waals surface area contributed by atoms with Crippen molar-refractivity contribution in [3.63, 3.8) is 0 Å². The van der Waals surface area contributed by atoms with Crippen molar-refractivity contribution < 1.29 is 4.92 Å².